The third kappa shape index (κ3) is 36.2. The molecule has 0 aromatic rings. The zero-order valence-corrected chi connectivity index (χ0v) is 17.6. The molecule has 0 N–H and O–H groups in total. The number of rotatable bonds is 11. The van der Waals surface area contributed by atoms with Gasteiger partial charge in [0.2, 0.25) is 0 Å². The van der Waals surface area contributed by atoms with E-state index in [1.807, 2.05) is 0 Å². The first kappa shape index (κ1) is 37.9. The van der Waals surface area contributed by atoms with Gasteiger partial charge < -0.3 is 48.7 Å². The molecule has 0 radical (unpaired) electrons. The van der Waals surface area contributed by atoms with Gasteiger partial charge in [0.05, 0.1) is 23.9 Å². The molecule has 0 aromatic heterocycles. The summed E-state index contributed by atoms with van der Waals surface area (Å²) in [6.07, 6.45) is 0. The second kappa shape index (κ2) is 19.5. The molecule has 0 amide bonds. The number of carboxylic acid groups (broad SMARTS) is 4. The summed E-state index contributed by atoms with van der Waals surface area (Å²) >= 11 is 0. The Kier molecular flexibility index (Phi) is 26.5. The van der Waals surface area contributed by atoms with Crippen molar-refractivity contribution in [1.82, 2.24) is 9.80 Å². The molecule has 0 fully saturated rings. The fourth-order valence-electron chi connectivity index (χ4n) is 1.44. The largest absolute Gasteiger partial charge is 2.00 e. The van der Waals surface area contributed by atoms with Gasteiger partial charge in [-0.25, -0.2) is 0 Å². The van der Waals surface area contributed by atoms with Crippen molar-refractivity contribution in [2.75, 3.05) is 39.3 Å². The molecule has 0 aliphatic heterocycles. The Hall–Kier alpha value is -0.772. The summed E-state index contributed by atoms with van der Waals surface area (Å²) in [5, 5.41) is 41.6. The van der Waals surface area contributed by atoms with Gasteiger partial charge in [-0.15, -0.1) is 0 Å². The van der Waals surface area contributed by atoms with Crippen molar-refractivity contribution in [3.8, 4) is 0 Å². The van der Waals surface area contributed by atoms with Crippen LogP contribution in [0.25, 0.3) is 0 Å². The molecule has 0 rings (SSSR count). The quantitative estimate of drug-likeness (QED) is 0.131. The van der Waals surface area contributed by atoms with Crippen LogP contribution < -0.4 is 20.4 Å². The van der Waals surface area contributed by atoms with Crippen molar-refractivity contribution in [3.05, 3.63) is 0 Å². The van der Waals surface area contributed by atoms with Gasteiger partial charge in [-0.05, 0) is 0 Å². The maximum atomic E-state index is 10.4. The van der Waals surface area contributed by atoms with Crippen molar-refractivity contribution in [1.29, 1.82) is 0 Å². The van der Waals surface area contributed by atoms with E-state index in [1.54, 1.807) is 0 Å². The fourth-order valence-corrected chi connectivity index (χ4v) is 1.44. The van der Waals surface area contributed by atoms with Crippen LogP contribution >= 0.6 is 0 Å². The van der Waals surface area contributed by atoms with E-state index in [4.69, 9.17) is 17.5 Å². The number of hydrogen-bond acceptors (Lipinski definition) is 14. The molecule has 0 bridgehead atoms. The van der Waals surface area contributed by atoms with Crippen LogP contribution in [0.15, 0.2) is 0 Å². The predicted molar refractivity (Wildman–Crippen MR) is 63.4 cm³/mol. The van der Waals surface area contributed by atoms with Crippen molar-refractivity contribution in [2.45, 2.75) is 0 Å². The normalized spacial score (nSPS) is 9.71. The molecular formula is C10H12Fe3N2O12S. The Morgan fingerprint density at radius 3 is 0.821 bits per heavy atom. The van der Waals surface area contributed by atoms with E-state index in [9.17, 15) is 39.6 Å². The van der Waals surface area contributed by atoms with Gasteiger partial charge in [0, 0.05) is 49.7 Å². The molecule has 164 valence electrons. The summed E-state index contributed by atoms with van der Waals surface area (Å²) in [6, 6.07) is 0. The fraction of sp³-hybridized carbons (Fsp3) is 0.600. The number of carbonyl (C=O) groups excluding carboxylic acids is 4. The molecule has 0 atom stereocenters. The van der Waals surface area contributed by atoms with Crippen molar-refractivity contribution in [3.63, 3.8) is 0 Å². The van der Waals surface area contributed by atoms with Gasteiger partial charge >= 0.3 is 51.2 Å². The van der Waals surface area contributed by atoms with E-state index in [2.05, 4.69) is 0 Å². The average molecular weight is 552 g/mol. The molecule has 0 aromatic carbocycles. The summed E-state index contributed by atoms with van der Waals surface area (Å²) in [5.74, 6) is -6.12. The molecule has 28 heavy (non-hydrogen) atoms. The van der Waals surface area contributed by atoms with Crippen LogP contribution in [0.2, 0.25) is 0 Å². The van der Waals surface area contributed by atoms with Gasteiger partial charge in [0.25, 0.3) is 0 Å². The summed E-state index contributed by atoms with van der Waals surface area (Å²) in [6.45, 7) is -3.25. The Morgan fingerprint density at radius 2 is 0.714 bits per heavy atom. The smallest absolute Gasteiger partial charge is 0.759 e. The Bertz CT molecular complexity index is 512. The minimum Gasteiger partial charge on any atom is -0.759 e. The van der Waals surface area contributed by atoms with Crippen molar-refractivity contribution >= 4 is 34.3 Å². The van der Waals surface area contributed by atoms with Gasteiger partial charge in [-0.1, -0.05) is 0 Å². The molecule has 0 heterocycles. The first-order valence-corrected chi connectivity index (χ1v) is 7.44. The molecule has 0 saturated carbocycles. The molecule has 0 unspecified atom stereocenters. The molecule has 14 nitrogen and oxygen atoms in total. The van der Waals surface area contributed by atoms with E-state index in [0.717, 1.165) is 9.80 Å². The molecule has 0 saturated heterocycles. The van der Waals surface area contributed by atoms with Gasteiger partial charge in [-0.3, -0.25) is 18.2 Å². The van der Waals surface area contributed by atoms with Crippen molar-refractivity contribution in [2.24, 2.45) is 0 Å². The van der Waals surface area contributed by atoms with E-state index in [1.165, 1.54) is 0 Å². The maximum Gasteiger partial charge on any atom is 2.00 e. The maximum absolute atomic E-state index is 10.4. The summed E-state index contributed by atoms with van der Waals surface area (Å²) in [4.78, 5) is 43.4. The summed E-state index contributed by atoms with van der Waals surface area (Å²) in [7, 11) is -5.17. The molecular weight excluding hydrogens is 540 g/mol. The second-order valence-electron chi connectivity index (χ2n) is 4.32. The predicted octanol–water partition coefficient (Wildman–Crippen LogP) is -8.76. The van der Waals surface area contributed by atoms with Crippen LogP contribution in [0.4, 0.5) is 0 Å². The van der Waals surface area contributed by atoms with Crippen LogP contribution in [0.3, 0.4) is 0 Å². The Balaban J connectivity index is -0.000000195. The van der Waals surface area contributed by atoms with Crippen LogP contribution in [-0.2, 0) is 80.8 Å². The van der Waals surface area contributed by atoms with Gasteiger partial charge in [0.1, 0.15) is 0 Å². The molecule has 0 aliphatic carbocycles. The average Bonchev–Trinajstić information content (AvgIpc) is 2.30. The van der Waals surface area contributed by atoms with E-state index >= 15 is 0 Å². The second-order valence-corrected chi connectivity index (χ2v) is 5.13. The molecule has 0 aliphatic rings. The third-order valence-electron chi connectivity index (χ3n) is 2.14. The summed E-state index contributed by atoms with van der Waals surface area (Å²) < 4.78 is 34.1. The standard InChI is InChI=1S/C10H16N2O8.3Fe.H2O4S/c13-7(14)3-11(4-8(15)16)1-2-12(5-9(17)18)6-10(19)20;;;;1-5(2,3)4/h1-6H2,(H,13,14)(H,15,16)(H,17,18)(H,19,20);;;;(H2,1,2,3,4)/q;3*+2;/p-6. The third-order valence-corrected chi connectivity index (χ3v) is 2.14. The zero-order chi connectivity index (χ0) is 20.2. The number of carboxylic acids is 4. The van der Waals surface area contributed by atoms with Gasteiger partial charge in [-0.2, -0.15) is 0 Å². The number of aliphatic carboxylic acids is 4. The Morgan fingerprint density at radius 1 is 0.571 bits per heavy atom. The molecule has 18 heteroatoms. The van der Waals surface area contributed by atoms with E-state index in [-0.39, 0.29) is 64.3 Å². The topological polar surface area (TPSA) is 247 Å². The first-order chi connectivity index (χ1) is 11.2. The monoisotopic (exact) mass is 552 g/mol. The SMILES string of the molecule is O=C([O-])CN(CCN(CC(=O)[O-])CC(=O)[O-])CC(=O)[O-].O=S(=O)([O-])[O-].[Fe+2].[Fe+2].[Fe+2]. The van der Waals surface area contributed by atoms with Crippen LogP contribution in [-0.4, -0.2) is 90.5 Å². The minimum absolute atomic E-state index is 0. The minimum atomic E-state index is -5.17. The van der Waals surface area contributed by atoms with E-state index < -0.39 is 60.5 Å². The molecule has 0 spiro atoms. The van der Waals surface area contributed by atoms with Crippen LogP contribution in [0, 0.1) is 0 Å². The van der Waals surface area contributed by atoms with Crippen LogP contribution in [0.5, 0.6) is 0 Å². The summed E-state index contributed by atoms with van der Waals surface area (Å²) in [5.41, 5.74) is 0. The zero-order valence-electron chi connectivity index (χ0n) is 13.5. The van der Waals surface area contributed by atoms with Crippen molar-refractivity contribution < 1.29 is 108 Å². The van der Waals surface area contributed by atoms with Crippen LogP contribution in [0.1, 0.15) is 0 Å². The number of nitrogens with zero attached hydrogens (tertiary/aromatic N) is 2. The van der Waals surface area contributed by atoms with Gasteiger partial charge in [0.15, 0.2) is 0 Å². The Labute approximate surface area is 191 Å². The number of carbonyl (C=O) groups is 4. The number of hydrogen-bond donors (Lipinski definition) is 0. The van der Waals surface area contributed by atoms with E-state index in [0.29, 0.717) is 0 Å². The first-order valence-electron chi connectivity index (χ1n) is 6.11.